The van der Waals surface area contributed by atoms with E-state index in [2.05, 4.69) is 0 Å². The number of nitriles is 1. The van der Waals surface area contributed by atoms with Gasteiger partial charge in [0.1, 0.15) is 6.07 Å². The van der Waals surface area contributed by atoms with E-state index in [4.69, 9.17) is 28.5 Å². The summed E-state index contributed by atoms with van der Waals surface area (Å²) in [6.07, 6.45) is 0. The molecule has 0 aromatic heterocycles. The minimum Gasteiger partial charge on any atom is -0.228 e. The SMILES string of the molecule is N#CC(Cl)(Cl)CS(=O)(=O)Cc1ccccc1. The van der Waals surface area contributed by atoms with Crippen LogP contribution in [0.1, 0.15) is 5.56 Å². The van der Waals surface area contributed by atoms with Crippen molar-refractivity contribution >= 4 is 33.0 Å². The molecule has 86 valence electrons. The van der Waals surface area contributed by atoms with Crippen LogP contribution in [0.25, 0.3) is 0 Å². The molecular weight excluding hydrogens is 269 g/mol. The second-order valence-electron chi connectivity index (χ2n) is 3.33. The first-order valence-corrected chi connectivity index (χ1v) is 6.96. The van der Waals surface area contributed by atoms with Gasteiger partial charge in [0.15, 0.2) is 9.84 Å². The summed E-state index contributed by atoms with van der Waals surface area (Å²) in [4.78, 5) is 0. The van der Waals surface area contributed by atoms with E-state index in [9.17, 15) is 8.42 Å². The first kappa shape index (κ1) is 13.3. The fourth-order valence-corrected chi connectivity index (χ4v) is 3.60. The Morgan fingerprint density at radius 2 is 1.81 bits per heavy atom. The van der Waals surface area contributed by atoms with Crippen LogP contribution in [-0.2, 0) is 15.6 Å². The fourth-order valence-electron chi connectivity index (χ4n) is 1.19. The molecule has 6 heteroatoms. The molecule has 3 nitrogen and oxygen atoms in total. The molecule has 1 rings (SSSR count). The first-order valence-electron chi connectivity index (χ1n) is 4.38. The van der Waals surface area contributed by atoms with Crippen molar-refractivity contribution in [3.63, 3.8) is 0 Å². The molecular formula is C10H9Cl2NO2S. The monoisotopic (exact) mass is 277 g/mol. The quantitative estimate of drug-likeness (QED) is 0.794. The predicted octanol–water partition coefficient (Wildman–Crippen LogP) is 2.30. The van der Waals surface area contributed by atoms with E-state index in [-0.39, 0.29) is 5.75 Å². The maximum Gasteiger partial charge on any atom is 0.217 e. The van der Waals surface area contributed by atoms with Gasteiger partial charge in [-0.05, 0) is 5.56 Å². The molecule has 0 bridgehead atoms. The van der Waals surface area contributed by atoms with Gasteiger partial charge < -0.3 is 0 Å². The van der Waals surface area contributed by atoms with Crippen molar-refractivity contribution in [1.82, 2.24) is 0 Å². The summed E-state index contributed by atoms with van der Waals surface area (Å²) in [6, 6.07) is 10.2. The summed E-state index contributed by atoms with van der Waals surface area (Å²) < 4.78 is 21.4. The van der Waals surface area contributed by atoms with Crippen molar-refractivity contribution in [2.24, 2.45) is 0 Å². The highest BCUT2D eigenvalue weighted by atomic mass is 35.5. The Bertz CT molecular complexity index is 491. The lowest BCUT2D eigenvalue weighted by molar-refractivity contribution is 0.594. The minimum atomic E-state index is -3.49. The van der Waals surface area contributed by atoms with Crippen LogP contribution in [0.15, 0.2) is 30.3 Å². The van der Waals surface area contributed by atoms with Crippen molar-refractivity contribution < 1.29 is 8.42 Å². The molecule has 0 heterocycles. The Hall–Kier alpha value is -0.760. The lowest BCUT2D eigenvalue weighted by Gasteiger charge is -2.10. The molecule has 0 radical (unpaired) electrons. The van der Waals surface area contributed by atoms with Gasteiger partial charge in [-0.3, -0.25) is 0 Å². The summed E-state index contributed by atoms with van der Waals surface area (Å²) in [5.74, 6) is -0.745. The molecule has 0 aliphatic heterocycles. The standard InChI is InChI=1S/C10H9Cl2NO2S/c11-10(12,7-13)8-16(14,15)6-9-4-2-1-3-5-9/h1-5H,6,8H2. The van der Waals surface area contributed by atoms with Crippen molar-refractivity contribution in [3.8, 4) is 6.07 Å². The van der Waals surface area contributed by atoms with Crippen molar-refractivity contribution in [2.75, 3.05) is 5.75 Å². The summed E-state index contributed by atoms with van der Waals surface area (Å²) in [7, 11) is -3.49. The van der Waals surface area contributed by atoms with Gasteiger partial charge in [-0.2, -0.15) is 5.26 Å². The van der Waals surface area contributed by atoms with E-state index in [0.29, 0.717) is 5.56 Å². The maximum atomic E-state index is 11.7. The molecule has 0 aliphatic carbocycles. The highest BCUT2D eigenvalue weighted by molar-refractivity contribution is 7.90. The Kier molecular flexibility index (Phi) is 4.20. The van der Waals surface area contributed by atoms with Crippen molar-refractivity contribution in [1.29, 1.82) is 5.26 Å². The zero-order valence-electron chi connectivity index (χ0n) is 8.23. The van der Waals surface area contributed by atoms with Crippen LogP contribution in [0.2, 0.25) is 0 Å². The third-order valence-electron chi connectivity index (χ3n) is 1.79. The largest absolute Gasteiger partial charge is 0.228 e. The van der Waals surface area contributed by atoms with E-state index in [1.54, 1.807) is 30.3 Å². The smallest absolute Gasteiger partial charge is 0.217 e. The number of rotatable bonds is 4. The van der Waals surface area contributed by atoms with Gasteiger partial charge in [-0.25, -0.2) is 8.42 Å². The molecule has 1 aromatic rings. The highest BCUT2D eigenvalue weighted by Gasteiger charge is 2.31. The molecule has 0 unspecified atom stereocenters. The summed E-state index contributed by atoms with van der Waals surface area (Å²) in [6.45, 7) is 0. The molecule has 0 saturated carbocycles. The molecule has 0 atom stereocenters. The molecule has 0 spiro atoms. The van der Waals surface area contributed by atoms with Crippen molar-refractivity contribution in [2.45, 2.75) is 10.1 Å². The average Bonchev–Trinajstić information content (AvgIpc) is 2.17. The maximum absolute atomic E-state index is 11.7. The minimum absolute atomic E-state index is 0.170. The fraction of sp³-hybridized carbons (Fsp3) is 0.300. The average molecular weight is 278 g/mol. The number of halogens is 2. The molecule has 0 N–H and O–H groups in total. The van der Waals surface area contributed by atoms with E-state index in [1.807, 2.05) is 0 Å². The summed E-state index contributed by atoms with van der Waals surface area (Å²) in [5.41, 5.74) is 0.643. The van der Waals surface area contributed by atoms with Crippen LogP contribution in [0.5, 0.6) is 0 Å². The predicted molar refractivity (Wildman–Crippen MR) is 64.0 cm³/mol. The van der Waals surface area contributed by atoms with E-state index >= 15 is 0 Å². The van der Waals surface area contributed by atoms with Crippen LogP contribution in [0.3, 0.4) is 0 Å². The molecule has 16 heavy (non-hydrogen) atoms. The van der Waals surface area contributed by atoms with Gasteiger partial charge >= 0.3 is 0 Å². The number of sulfone groups is 1. The van der Waals surface area contributed by atoms with Crippen LogP contribution in [-0.4, -0.2) is 18.5 Å². The third-order valence-corrected chi connectivity index (χ3v) is 4.19. The van der Waals surface area contributed by atoms with Gasteiger partial charge in [-0.15, -0.1) is 0 Å². The second-order valence-corrected chi connectivity index (χ2v) is 6.88. The lowest BCUT2D eigenvalue weighted by atomic mass is 10.2. The van der Waals surface area contributed by atoms with Crippen molar-refractivity contribution in [3.05, 3.63) is 35.9 Å². The topological polar surface area (TPSA) is 57.9 Å². The van der Waals surface area contributed by atoms with Crippen LogP contribution < -0.4 is 0 Å². The van der Waals surface area contributed by atoms with Gasteiger partial charge in [0.25, 0.3) is 0 Å². The molecule has 0 aliphatic rings. The van der Waals surface area contributed by atoms with Gasteiger partial charge in [0.2, 0.25) is 4.33 Å². The molecule has 0 saturated heterocycles. The Balaban J connectivity index is 2.79. The normalized spacial score (nSPS) is 12.1. The van der Waals surface area contributed by atoms with Gasteiger partial charge in [0, 0.05) is 0 Å². The highest BCUT2D eigenvalue weighted by Crippen LogP contribution is 2.23. The Morgan fingerprint density at radius 1 is 1.25 bits per heavy atom. The lowest BCUT2D eigenvalue weighted by Crippen LogP contribution is -2.24. The van der Waals surface area contributed by atoms with Crippen LogP contribution >= 0.6 is 23.2 Å². The summed E-state index contributed by atoms with van der Waals surface area (Å²) >= 11 is 11.0. The van der Waals surface area contributed by atoms with Crippen LogP contribution in [0.4, 0.5) is 0 Å². The van der Waals surface area contributed by atoms with E-state index in [0.717, 1.165) is 0 Å². The van der Waals surface area contributed by atoms with E-state index in [1.165, 1.54) is 6.07 Å². The Labute approximate surface area is 105 Å². The molecule has 0 amide bonds. The number of hydrogen-bond donors (Lipinski definition) is 0. The zero-order valence-corrected chi connectivity index (χ0v) is 10.6. The molecule has 0 fully saturated rings. The molecule has 1 aromatic carbocycles. The zero-order chi connectivity index (χ0) is 12.2. The third kappa shape index (κ3) is 4.40. The number of alkyl halides is 2. The Morgan fingerprint density at radius 3 is 2.31 bits per heavy atom. The van der Waals surface area contributed by atoms with Crippen LogP contribution in [0, 0.1) is 11.3 Å². The number of benzene rings is 1. The first-order chi connectivity index (χ1) is 7.35. The van der Waals surface area contributed by atoms with Gasteiger partial charge in [0.05, 0.1) is 11.5 Å². The number of hydrogen-bond acceptors (Lipinski definition) is 3. The summed E-state index contributed by atoms with van der Waals surface area (Å²) in [5, 5.41) is 8.55. The number of nitrogens with zero attached hydrogens (tertiary/aromatic N) is 1. The van der Waals surface area contributed by atoms with Gasteiger partial charge in [-0.1, -0.05) is 53.5 Å². The second kappa shape index (κ2) is 5.05. The van der Waals surface area contributed by atoms with E-state index < -0.39 is 19.9 Å².